The van der Waals surface area contributed by atoms with Crippen LogP contribution in [0.15, 0.2) is 48.5 Å². The molecule has 0 saturated carbocycles. The van der Waals surface area contributed by atoms with Gasteiger partial charge in [-0.3, -0.25) is 0 Å². The highest BCUT2D eigenvalue weighted by atomic mass is 16.4. The Balaban J connectivity index is 1.87. The SMILES string of the molecule is CC(C)(C)N(c1ccc(C2Cc3c(C(=O)O)c2c2ccccc2c3C(=O)O)cc1)C(C)(C)C. The Morgan fingerprint density at radius 1 is 0.788 bits per heavy atom. The maximum Gasteiger partial charge on any atom is 0.336 e. The molecule has 0 saturated heterocycles. The fraction of sp³-hybridized carbons (Fsp3) is 0.357. The third-order valence-electron chi connectivity index (χ3n) is 6.44. The fourth-order valence-electron chi connectivity index (χ4n) is 5.80. The van der Waals surface area contributed by atoms with Crippen molar-refractivity contribution in [3.63, 3.8) is 0 Å². The van der Waals surface area contributed by atoms with Crippen molar-refractivity contribution in [2.75, 3.05) is 4.90 Å². The van der Waals surface area contributed by atoms with Gasteiger partial charge in [-0.15, -0.1) is 0 Å². The lowest BCUT2D eigenvalue weighted by molar-refractivity contribution is 0.0695. The molecule has 5 nitrogen and oxygen atoms in total. The molecule has 5 heteroatoms. The summed E-state index contributed by atoms with van der Waals surface area (Å²) in [5.74, 6) is -2.35. The first kappa shape index (κ1) is 22.8. The first-order valence-electron chi connectivity index (χ1n) is 11.3. The molecular weight excluding hydrogens is 414 g/mol. The van der Waals surface area contributed by atoms with Crippen LogP contribution in [0.1, 0.15) is 84.9 Å². The molecule has 3 aromatic rings. The van der Waals surface area contributed by atoms with E-state index in [0.717, 1.165) is 11.3 Å². The summed E-state index contributed by atoms with van der Waals surface area (Å²) in [4.78, 5) is 26.8. The van der Waals surface area contributed by atoms with Crippen molar-refractivity contribution in [2.24, 2.45) is 0 Å². The number of hydrogen-bond donors (Lipinski definition) is 2. The lowest BCUT2D eigenvalue weighted by atomic mass is 9.88. The second kappa shape index (κ2) is 7.62. The minimum absolute atomic E-state index is 0.0805. The van der Waals surface area contributed by atoms with Crippen molar-refractivity contribution in [2.45, 2.75) is 65.0 Å². The molecule has 1 atom stereocenters. The molecule has 0 spiro atoms. The van der Waals surface area contributed by atoms with Gasteiger partial charge in [0.05, 0.1) is 11.1 Å². The van der Waals surface area contributed by atoms with Crippen molar-refractivity contribution >= 4 is 28.4 Å². The predicted molar refractivity (Wildman–Crippen MR) is 132 cm³/mol. The maximum absolute atomic E-state index is 12.2. The van der Waals surface area contributed by atoms with Crippen LogP contribution in [0.25, 0.3) is 10.8 Å². The normalized spacial score (nSPS) is 15.6. The van der Waals surface area contributed by atoms with E-state index in [-0.39, 0.29) is 28.1 Å². The summed E-state index contributed by atoms with van der Waals surface area (Å²) < 4.78 is 0. The Labute approximate surface area is 194 Å². The summed E-state index contributed by atoms with van der Waals surface area (Å²) >= 11 is 0. The number of hydrogen-bond acceptors (Lipinski definition) is 3. The monoisotopic (exact) mass is 445 g/mol. The van der Waals surface area contributed by atoms with Gasteiger partial charge in [-0.1, -0.05) is 36.4 Å². The number of rotatable bonds is 4. The van der Waals surface area contributed by atoms with Gasteiger partial charge < -0.3 is 15.1 Å². The van der Waals surface area contributed by atoms with E-state index < -0.39 is 11.9 Å². The number of benzene rings is 3. The van der Waals surface area contributed by atoms with Crippen LogP contribution in [0.3, 0.4) is 0 Å². The maximum atomic E-state index is 12.2. The molecule has 0 amide bonds. The summed E-state index contributed by atoms with van der Waals surface area (Å²) in [6.07, 6.45) is 0.370. The van der Waals surface area contributed by atoms with Crippen LogP contribution in [-0.2, 0) is 6.42 Å². The van der Waals surface area contributed by atoms with Gasteiger partial charge in [0.25, 0.3) is 0 Å². The van der Waals surface area contributed by atoms with Crippen LogP contribution in [0.4, 0.5) is 5.69 Å². The summed E-state index contributed by atoms with van der Waals surface area (Å²) in [7, 11) is 0. The average molecular weight is 446 g/mol. The second-order valence-corrected chi connectivity index (χ2v) is 10.8. The lowest BCUT2D eigenvalue weighted by Crippen LogP contribution is -2.53. The van der Waals surface area contributed by atoms with Crippen LogP contribution in [-0.4, -0.2) is 33.2 Å². The molecule has 33 heavy (non-hydrogen) atoms. The number of nitrogens with zero attached hydrogens (tertiary/aromatic N) is 1. The minimum atomic E-state index is -1.09. The van der Waals surface area contributed by atoms with Crippen molar-refractivity contribution < 1.29 is 19.8 Å². The number of carboxylic acid groups (broad SMARTS) is 2. The van der Waals surface area contributed by atoms with Crippen molar-refractivity contribution in [1.29, 1.82) is 0 Å². The first-order valence-corrected chi connectivity index (χ1v) is 11.3. The van der Waals surface area contributed by atoms with Crippen LogP contribution in [0.5, 0.6) is 0 Å². The van der Waals surface area contributed by atoms with Crippen molar-refractivity contribution in [3.8, 4) is 0 Å². The zero-order valence-electron chi connectivity index (χ0n) is 20.1. The summed E-state index contributed by atoms with van der Waals surface area (Å²) in [6.45, 7) is 13.1. The molecule has 1 aliphatic carbocycles. The van der Waals surface area contributed by atoms with Gasteiger partial charge in [0.15, 0.2) is 0 Å². The van der Waals surface area contributed by atoms with E-state index in [2.05, 4.69) is 70.7 Å². The van der Waals surface area contributed by atoms with Crippen LogP contribution >= 0.6 is 0 Å². The standard InChI is InChI=1S/C28H31NO4/c1-27(2,3)29(28(4,5)6)17-13-11-16(12-14-17)20-15-21-23(25(30)31)19-10-8-7-9-18(19)22(20)24(21)26(32)33/h7-14,20H,15H2,1-6H3,(H,30,31)(H,32,33). The lowest BCUT2D eigenvalue weighted by Gasteiger charge is -2.47. The van der Waals surface area contributed by atoms with Crippen molar-refractivity contribution in [3.05, 3.63) is 76.3 Å². The van der Waals surface area contributed by atoms with Gasteiger partial charge in [0.2, 0.25) is 0 Å². The molecule has 2 bridgehead atoms. The summed E-state index contributed by atoms with van der Waals surface area (Å²) in [6, 6.07) is 15.5. The quantitative estimate of drug-likeness (QED) is 0.491. The molecular formula is C28H31NO4. The number of carboxylic acids is 2. The third kappa shape index (κ3) is 3.75. The Morgan fingerprint density at radius 2 is 1.30 bits per heavy atom. The van der Waals surface area contributed by atoms with Gasteiger partial charge in [0, 0.05) is 22.7 Å². The molecule has 0 fully saturated rings. The van der Waals surface area contributed by atoms with Gasteiger partial charge >= 0.3 is 11.9 Å². The Hall–Kier alpha value is -3.34. The molecule has 1 unspecified atom stereocenters. The number of aromatic carboxylic acids is 2. The van der Waals surface area contributed by atoms with E-state index in [9.17, 15) is 19.8 Å². The van der Waals surface area contributed by atoms with Crippen LogP contribution in [0.2, 0.25) is 0 Å². The van der Waals surface area contributed by atoms with Crippen LogP contribution in [0, 0.1) is 0 Å². The minimum Gasteiger partial charge on any atom is -0.478 e. The molecule has 1 aliphatic rings. The Bertz CT molecular complexity index is 1250. The van der Waals surface area contributed by atoms with E-state index in [1.807, 2.05) is 12.1 Å². The topological polar surface area (TPSA) is 77.8 Å². The number of anilines is 1. The Morgan fingerprint density at radius 3 is 1.79 bits per heavy atom. The van der Waals surface area contributed by atoms with Gasteiger partial charge in [0.1, 0.15) is 0 Å². The molecule has 3 aromatic carbocycles. The van der Waals surface area contributed by atoms with Crippen molar-refractivity contribution in [1.82, 2.24) is 0 Å². The van der Waals surface area contributed by atoms with E-state index in [1.54, 1.807) is 12.1 Å². The molecule has 0 aliphatic heterocycles. The zero-order valence-corrected chi connectivity index (χ0v) is 20.1. The van der Waals surface area contributed by atoms with Gasteiger partial charge in [-0.25, -0.2) is 9.59 Å². The highest BCUT2D eigenvalue weighted by molar-refractivity contribution is 6.12. The molecule has 0 aromatic heterocycles. The highest BCUT2D eigenvalue weighted by Gasteiger charge is 2.38. The molecule has 172 valence electrons. The largest absolute Gasteiger partial charge is 0.478 e. The molecule has 0 heterocycles. The predicted octanol–water partition coefficient (Wildman–Crippen LogP) is 6.33. The Kier molecular flexibility index (Phi) is 5.27. The highest BCUT2D eigenvalue weighted by Crippen LogP contribution is 2.47. The van der Waals surface area contributed by atoms with E-state index >= 15 is 0 Å². The third-order valence-corrected chi connectivity index (χ3v) is 6.44. The zero-order chi connectivity index (χ0) is 24.3. The molecule has 2 N–H and O–H groups in total. The average Bonchev–Trinajstić information content (AvgIpc) is 3.00. The van der Waals surface area contributed by atoms with E-state index in [4.69, 9.17) is 0 Å². The number of carbonyl (C=O) groups is 2. The van der Waals surface area contributed by atoms with Crippen LogP contribution < -0.4 is 4.90 Å². The number of fused-ring (bicyclic) bond motifs is 4. The molecule has 4 rings (SSSR count). The van der Waals surface area contributed by atoms with E-state index in [0.29, 0.717) is 28.3 Å². The molecule has 0 radical (unpaired) electrons. The van der Waals surface area contributed by atoms with Gasteiger partial charge in [-0.2, -0.15) is 0 Å². The fourth-order valence-corrected chi connectivity index (χ4v) is 5.80. The smallest absolute Gasteiger partial charge is 0.336 e. The summed E-state index contributed by atoms with van der Waals surface area (Å²) in [5, 5.41) is 21.3. The summed E-state index contributed by atoms with van der Waals surface area (Å²) in [5.41, 5.74) is 3.32. The second-order valence-electron chi connectivity index (χ2n) is 10.8. The van der Waals surface area contributed by atoms with Gasteiger partial charge in [-0.05, 0) is 87.6 Å². The van der Waals surface area contributed by atoms with E-state index in [1.165, 1.54) is 0 Å². The first-order chi connectivity index (χ1) is 15.3.